The molecule has 3 rings (SSSR count). The van der Waals surface area contributed by atoms with Crippen molar-refractivity contribution in [3.8, 4) is 6.07 Å². The minimum absolute atomic E-state index is 0.0644. The number of nitriles is 1. The Labute approximate surface area is 184 Å². The van der Waals surface area contributed by atoms with Crippen LogP contribution in [-0.2, 0) is 4.79 Å². The molecule has 0 saturated heterocycles. The van der Waals surface area contributed by atoms with Gasteiger partial charge in [0.15, 0.2) is 0 Å². The molecular weight excluding hydrogens is 394 g/mol. The van der Waals surface area contributed by atoms with Gasteiger partial charge in [0.2, 0.25) is 0 Å². The first-order valence-electron chi connectivity index (χ1n) is 10.1. The summed E-state index contributed by atoms with van der Waals surface area (Å²) >= 11 is 6.04. The molecule has 0 fully saturated rings. The largest absolute Gasteiger partial charge is 0.369 e. The van der Waals surface area contributed by atoms with Crippen LogP contribution in [0.25, 0.3) is 6.08 Å². The maximum absolute atomic E-state index is 12.8. The molecule has 0 radical (unpaired) electrons. The van der Waals surface area contributed by atoms with E-state index in [9.17, 15) is 10.1 Å². The highest BCUT2D eigenvalue weighted by Crippen LogP contribution is 2.43. The summed E-state index contributed by atoms with van der Waals surface area (Å²) in [4.78, 5) is 15.1. The second kappa shape index (κ2) is 8.16. The molecule has 0 aliphatic carbocycles. The fraction of sp³-hybridized carbons (Fsp3) is 0.360. The molecule has 1 aliphatic heterocycles. The van der Waals surface area contributed by atoms with Gasteiger partial charge in [0.1, 0.15) is 11.6 Å². The van der Waals surface area contributed by atoms with E-state index in [1.165, 1.54) is 11.3 Å². The lowest BCUT2D eigenvalue weighted by Gasteiger charge is -2.45. The molecular formula is C25H28ClN3O. The topological polar surface area (TPSA) is 56.1 Å². The molecule has 2 aromatic carbocycles. The number of aryl methyl sites for hydroxylation is 2. The Morgan fingerprint density at radius 3 is 2.63 bits per heavy atom. The van der Waals surface area contributed by atoms with Crippen LogP contribution in [0.2, 0.25) is 5.02 Å². The van der Waals surface area contributed by atoms with Crippen molar-refractivity contribution >= 4 is 35.0 Å². The van der Waals surface area contributed by atoms with Gasteiger partial charge in [-0.2, -0.15) is 5.26 Å². The first-order valence-corrected chi connectivity index (χ1v) is 10.5. The highest BCUT2D eigenvalue weighted by atomic mass is 35.5. The van der Waals surface area contributed by atoms with Crippen LogP contribution >= 0.6 is 11.6 Å². The minimum Gasteiger partial charge on any atom is -0.369 e. The third-order valence-electron chi connectivity index (χ3n) is 6.13. The first-order chi connectivity index (χ1) is 14.0. The Bertz CT molecular complexity index is 1080. The van der Waals surface area contributed by atoms with Crippen LogP contribution in [0, 0.1) is 25.2 Å². The third kappa shape index (κ3) is 4.22. The van der Waals surface area contributed by atoms with Crippen LogP contribution in [0.5, 0.6) is 0 Å². The molecule has 1 heterocycles. The van der Waals surface area contributed by atoms with Crippen molar-refractivity contribution in [2.45, 2.75) is 52.5 Å². The van der Waals surface area contributed by atoms with Crippen molar-refractivity contribution in [1.29, 1.82) is 5.26 Å². The molecule has 5 heteroatoms. The fourth-order valence-electron chi connectivity index (χ4n) is 4.11. The van der Waals surface area contributed by atoms with Crippen molar-refractivity contribution in [3.63, 3.8) is 0 Å². The van der Waals surface area contributed by atoms with Crippen LogP contribution in [0.4, 0.5) is 11.4 Å². The number of hydrogen-bond acceptors (Lipinski definition) is 3. The molecule has 0 spiro atoms. The predicted octanol–water partition coefficient (Wildman–Crippen LogP) is 6.22. The molecule has 1 amide bonds. The van der Waals surface area contributed by atoms with E-state index in [1.54, 1.807) is 18.2 Å². The number of benzene rings is 2. The molecule has 0 bridgehead atoms. The van der Waals surface area contributed by atoms with E-state index < -0.39 is 5.91 Å². The minimum atomic E-state index is -0.439. The van der Waals surface area contributed by atoms with E-state index in [0.29, 0.717) is 16.6 Å². The quantitative estimate of drug-likeness (QED) is 0.472. The first kappa shape index (κ1) is 21.9. The van der Waals surface area contributed by atoms with Crippen molar-refractivity contribution in [2.75, 3.05) is 17.3 Å². The Morgan fingerprint density at radius 2 is 1.97 bits per heavy atom. The zero-order valence-corrected chi connectivity index (χ0v) is 19.2. The normalized spacial score (nSPS) is 17.9. The number of anilines is 2. The predicted molar refractivity (Wildman–Crippen MR) is 125 cm³/mol. The van der Waals surface area contributed by atoms with Gasteiger partial charge < -0.3 is 10.2 Å². The Balaban J connectivity index is 1.97. The third-order valence-corrected chi connectivity index (χ3v) is 6.37. The summed E-state index contributed by atoms with van der Waals surface area (Å²) in [5, 5.41) is 13.0. The number of carbonyl (C=O) groups is 1. The fourth-order valence-corrected chi connectivity index (χ4v) is 4.28. The molecule has 4 nitrogen and oxygen atoms in total. The number of carbonyl (C=O) groups excluding carboxylic acids is 1. The Morgan fingerprint density at radius 1 is 1.27 bits per heavy atom. The van der Waals surface area contributed by atoms with E-state index in [-0.39, 0.29) is 11.1 Å². The van der Waals surface area contributed by atoms with Crippen molar-refractivity contribution in [2.24, 2.45) is 0 Å². The molecule has 156 valence electrons. The van der Waals surface area contributed by atoms with Crippen molar-refractivity contribution < 1.29 is 4.79 Å². The summed E-state index contributed by atoms with van der Waals surface area (Å²) in [6, 6.07) is 11.6. The molecule has 30 heavy (non-hydrogen) atoms. The van der Waals surface area contributed by atoms with E-state index in [0.717, 1.165) is 23.1 Å². The molecule has 0 saturated carbocycles. The zero-order chi connectivity index (χ0) is 22.2. The van der Waals surface area contributed by atoms with Gasteiger partial charge >= 0.3 is 0 Å². The molecule has 1 aliphatic rings. The summed E-state index contributed by atoms with van der Waals surface area (Å²) in [6.07, 6.45) is 2.72. The molecule has 1 atom stereocenters. The van der Waals surface area contributed by atoms with Crippen LogP contribution in [0.15, 0.2) is 35.9 Å². The lowest BCUT2D eigenvalue weighted by molar-refractivity contribution is -0.112. The molecule has 0 aromatic heterocycles. The summed E-state index contributed by atoms with van der Waals surface area (Å²) < 4.78 is 0. The van der Waals surface area contributed by atoms with Crippen LogP contribution < -0.4 is 10.2 Å². The molecule has 1 N–H and O–H groups in total. The number of amides is 1. The van der Waals surface area contributed by atoms with Gasteiger partial charge in [-0.3, -0.25) is 4.79 Å². The number of hydrogen-bond donors (Lipinski definition) is 1. The summed E-state index contributed by atoms with van der Waals surface area (Å²) in [5.41, 5.74) is 6.02. The number of rotatable bonds is 3. The van der Waals surface area contributed by atoms with E-state index in [4.69, 9.17) is 11.6 Å². The van der Waals surface area contributed by atoms with Crippen molar-refractivity contribution in [1.82, 2.24) is 0 Å². The van der Waals surface area contributed by atoms with Gasteiger partial charge in [-0.05, 0) is 92.6 Å². The van der Waals surface area contributed by atoms with Crippen LogP contribution in [0.1, 0.15) is 55.4 Å². The number of nitrogens with one attached hydrogen (secondary N) is 1. The van der Waals surface area contributed by atoms with E-state index in [1.807, 2.05) is 19.9 Å². The van der Waals surface area contributed by atoms with E-state index >= 15 is 0 Å². The smallest absolute Gasteiger partial charge is 0.266 e. The van der Waals surface area contributed by atoms with Crippen LogP contribution in [-0.4, -0.2) is 18.5 Å². The summed E-state index contributed by atoms with van der Waals surface area (Å²) in [7, 11) is 2.13. The second-order valence-corrected chi connectivity index (χ2v) is 9.26. The molecule has 0 unspecified atom stereocenters. The number of nitrogens with zero attached hydrogens (tertiary/aromatic N) is 2. The number of halogens is 1. The lowest BCUT2D eigenvalue weighted by Crippen LogP contribution is -2.45. The molecule has 2 aromatic rings. The standard InChI is InChI=1S/C25H28ClN3O/c1-15-7-8-20(26)12-22(15)28-24(30)19(14-27)10-18-11-21-17(3)13-25(4,5)29(6)23(21)9-16(18)2/h7-12,17H,13H2,1-6H3,(H,28,30)/b19-10-/t17-/m0/s1. The average Bonchev–Trinajstić information content (AvgIpc) is 2.67. The number of fused-ring (bicyclic) bond motifs is 1. The van der Waals surface area contributed by atoms with Gasteiger partial charge in [0.25, 0.3) is 5.91 Å². The zero-order valence-electron chi connectivity index (χ0n) is 18.4. The van der Waals surface area contributed by atoms with Gasteiger partial charge in [-0.1, -0.05) is 24.6 Å². The highest BCUT2D eigenvalue weighted by Gasteiger charge is 2.34. The SMILES string of the molecule is Cc1cc2c(cc1/C=C(/C#N)C(=O)Nc1cc(Cl)ccc1C)[C@@H](C)CC(C)(C)N2C. The summed E-state index contributed by atoms with van der Waals surface area (Å²) in [5.74, 6) is -0.0429. The average molecular weight is 422 g/mol. The monoisotopic (exact) mass is 421 g/mol. The Hall–Kier alpha value is -2.77. The second-order valence-electron chi connectivity index (χ2n) is 8.83. The maximum atomic E-state index is 12.8. The maximum Gasteiger partial charge on any atom is 0.266 e. The van der Waals surface area contributed by atoms with Gasteiger partial charge in [0, 0.05) is 29.0 Å². The van der Waals surface area contributed by atoms with Crippen molar-refractivity contribution in [3.05, 3.63) is 63.2 Å². The van der Waals surface area contributed by atoms with Crippen LogP contribution in [0.3, 0.4) is 0 Å². The van der Waals surface area contributed by atoms with Gasteiger partial charge in [0.05, 0.1) is 0 Å². The lowest BCUT2D eigenvalue weighted by atomic mass is 9.79. The van der Waals surface area contributed by atoms with Gasteiger partial charge in [-0.15, -0.1) is 0 Å². The van der Waals surface area contributed by atoms with Gasteiger partial charge in [-0.25, -0.2) is 0 Å². The van der Waals surface area contributed by atoms with E-state index in [2.05, 4.69) is 56.2 Å². The summed E-state index contributed by atoms with van der Waals surface area (Å²) in [6.45, 7) is 10.6. The highest BCUT2D eigenvalue weighted by molar-refractivity contribution is 6.31. The Kier molecular flexibility index (Phi) is 5.97.